The van der Waals surface area contributed by atoms with E-state index < -0.39 is 55.4 Å². The van der Waals surface area contributed by atoms with Crippen molar-refractivity contribution in [2.75, 3.05) is 19.8 Å². The van der Waals surface area contributed by atoms with Crippen molar-refractivity contribution < 1.29 is 49.0 Å². The Balaban J connectivity index is 2.26. The van der Waals surface area contributed by atoms with E-state index in [0.29, 0.717) is 12.8 Å². The van der Waals surface area contributed by atoms with Crippen LogP contribution in [-0.4, -0.2) is 89.0 Å². The molecule has 0 amide bonds. The highest BCUT2D eigenvalue weighted by Gasteiger charge is 2.44. The summed E-state index contributed by atoms with van der Waals surface area (Å²) >= 11 is 0. The molecule has 0 saturated carbocycles. The number of carbonyl (C=O) groups excluding carboxylic acids is 2. The number of ether oxygens (including phenoxy) is 4. The van der Waals surface area contributed by atoms with E-state index in [1.807, 2.05) is 0 Å². The maximum absolute atomic E-state index is 12.8. The Bertz CT molecular complexity index is 1120. The van der Waals surface area contributed by atoms with E-state index in [4.69, 9.17) is 18.9 Å². The van der Waals surface area contributed by atoms with Gasteiger partial charge in [0.1, 0.15) is 31.0 Å². The first-order valence-corrected chi connectivity index (χ1v) is 26.1. The fourth-order valence-corrected chi connectivity index (χ4v) is 7.87. The third kappa shape index (κ3) is 34.9. The van der Waals surface area contributed by atoms with Gasteiger partial charge < -0.3 is 39.4 Å². The van der Waals surface area contributed by atoms with Gasteiger partial charge in [0.25, 0.3) is 0 Å². The molecule has 1 fully saturated rings. The van der Waals surface area contributed by atoms with E-state index in [2.05, 4.69) is 50.3 Å². The van der Waals surface area contributed by atoms with Gasteiger partial charge in [-0.05, 0) is 64.2 Å². The molecule has 10 nitrogen and oxygen atoms in total. The molecule has 1 saturated heterocycles. The second-order valence-electron chi connectivity index (χ2n) is 18.0. The molecule has 4 N–H and O–H groups in total. The summed E-state index contributed by atoms with van der Waals surface area (Å²) in [5.74, 6) is -0.853. The number of hydrogen-bond acceptors (Lipinski definition) is 10. The molecule has 1 aliphatic rings. The van der Waals surface area contributed by atoms with Crippen LogP contribution in [0.2, 0.25) is 0 Å². The van der Waals surface area contributed by atoms with Crippen LogP contribution in [0.3, 0.4) is 0 Å². The Kier molecular flexibility index (Phi) is 41.0. The summed E-state index contributed by atoms with van der Waals surface area (Å²) in [6.07, 6.45) is 44.5. The van der Waals surface area contributed by atoms with Gasteiger partial charge in [0.05, 0.1) is 13.2 Å². The maximum Gasteiger partial charge on any atom is 0.306 e. The van der Waals surface area contributed by atoms with Crippen molar-refractivity contribution in [2.24, 2.45) is 0 Å². The summed E-state index contributed by atoms with van der Waals surface area (Å²) in [6, 6.07) is 0. The minimum atomic E-state index is -1.60. The van der Waals surface area contributed by atoms with E-state index in [1.165, 1.54) is 141 Å². The highest BCUT2D eigenvalue weighted by molar-refractivity contribution is 5.70. The van der Waals surface area contributed by atoms with Gasteiger partial charge in [0, 0.05) is 12.8 Å². The lowest BCUT2D eigenvalue weighted by Crippen LogP contribution is -2.59. The Morgan fingerprint density at radius 3 is 1.41 bits per heavy atom. The molecule has 10 heteroatoms. The molecule has 0 aromatic rings. The molecule has 0 spiro atoms. The third-order valence-electron chi connectivity index (χ3n) is 12.0. The molecule has 1 heterocycles. The molecule has 0 radical (unpaired) electrons. The van der Waals surface area contributed by atoms with Crippen LogP contribution in [0.25, 0.3) is 0 Å². The van der Waals surface area contributed by atoms with Crippen molar-refractivity contribution in [3.8, 4) is 0 Å². The van der Waals surface area contributed by atoms with Gasteiger partial charge in [0.15, 0.2) is 12.4 Å². The van der Waals surface area contributed by atoms with Crippen LogP contribution in [0.4, 0.5) is 0 Å². The number of allylic oxidation sites excluding steroid dienone is 6. The van der Waals surface area contributed by atoms with E-state index >= 15 is 0 Å². The van der Waals surface area contributed by atoms with Gasteiger partial charge in [0.2, 0.25) is 0 Å². The second-order valence-corrected chi connectivity index (χ2v) is 18.0. The predicted molar refractivity (Wildman–Crippen MR) is 256 cm³/mol. The van der Waals surface area contributed by atoms with Crippen LogP contribution >= 0.6 is 0 Å². The lowest BCUT2D eigenvalue weighted by Gasteiger charge is -2.39. The lowest BCUT2D eigenvalue weighted by molar-refractivity contribution is -0.305. The summed E-state index contributed by atoms with van der Waals surface area (Å²) < 4.78 is 22.2. The van der Waals surface area contributed by atoms with Crippen LogP contribution in [0.1, 0.15) is 232 Å². The zero-order valence-electron chi connectivity index (χ0n) is 40.3. The van der Waals surface area contributed by atoms with Gasteiger partial charge in [-0.1, -0.05) is 192 Å². The molecule has 0 aliphatic carbocycles. The fourth-order valence-electron chi connectivity index (χ4n) is 7.87. The largest absolute Gasteiger partial charge is 0.462 e. The molecule has 6 atom stereocenters. The summed E-state index contributed by atoms with van der Waals surface area (Å²) in [7, 11) is 0. The SMILES string of the molecule is CCCCC/C=C/C/C=C/CCCCCCCC(=O)OC[C@H](CO[C@@H]1O[C@H](CO)[C@H](O)C(O)C1O)OC(=O)CCC/C=C/CCCCCCCCCCCCCCCCCCCC. The second kappa shape index (κ2) is 43.8. The monoisotopic (exact) mass is 893 g/mol. The van der Waals surface area contributed by atoms with Gasteiger partial charge in [-0.2, -0.15) is 0 Å². The molecule has 1 rings (SSSR count). The molecule has 368 valence electrons. The number of carbonyl (C=O) groups is 2. The molecule has 1 aliphatic heterocycles. The zero-order valence-corrected chi connectivity index (χ0v) is 40.3. The Hall–Kier alpha value is -2.08. The van der Waals surface area contributed by atoms with Gasteiger partial charge >= 0.3 is 11.9 Å². The number of unbranched alkanes of at least 4 members (excludes halogenated alkanes) is 27. The van der Waals surface area contributed by atoms with Crippen LogP contribution in [0, 0.1) is 0 Å². The molecule has 0 aromatic heterocycles. The van der Waals surface area contributed by atoms with Crippen LogP contribution in [0.5, 0.6) is 0 Å². The van der Waals surface area contributed by atoms with Crippen molar-refractivity contribution in [3.63, 3.8) is 0 Å². The first-order chi connectivity index (χ1) is 30.8. The van der Waals surface area contributed by atoms with Crippen molar-refractivity contribution in [1.29, 1.82) is 0 Å². The summed E-state index contributed by atoms with van der Waals surface area (Å²) in [6.45, 7) is 3.39. The number of hydrogen-bond donors (Lipinski definition) is 4. The highest BCUT2D eigenvalue weighted by atomic mass is 16.7. The topological polar surface area (TPSA) is 152 Å². The lowest BCUT2D eigenvalue weighted by atomic mass is 9.99. The molecule has 0 aromatic carbocycles. The van der Waals surface area contributed by atoms with E-state index in [0.717, 1.165) is 51.4 Å². The van der Waals surface area contributed by atoms with Crippen molar-refractivity contribution in [1.82, 2.24) is 0 Å². The Morgan fingerprint density at radius 1 is 0.492 bits per heavy atom. The van der Waals surface area contributed by atoms with Gasteiger partial charge in [-0.15, -0.1) is 0 Å². The Morgan fingerprint density at radius 2 is 0.905 bits per heavy atom. The summed E-state index contributed by atoms with van der Waals surface area (Å²) in [5, 5.41) is 40.2. The minimum Gasteiger partial charge on any atom is -0.462 e. The molecular formula is C53H96O10. The average molecular weight is 893 g/mol. The summed E-state index contributed by atoms with van der Waals surface area (Å²) in [5.41, 5.74) is 0. The number of aliphatic hydroxyl groups is 4. The molecule has 2 unspecified atom stereocenters. The molecule has 63 heavy (non-hydrogen) atoms. The summed E-state index contributed by atoms with van der Waals surface area (Å²) in [4.78, 5) is 25.4. The number of esters is 2. The quantitative estimate of drug-likeness (QED) is 0.0264. The first kappa shape index (κ1) is 58.9. The number of rotatable bonds is 44. The fraction of sp³-hybridized carbons (Fsp3) is 0.849. The van der Waals surface area contributed by atoms with Crippen LogP contribution in [0.15, 0.2) is 36.5 Å². The molecular weight excluding hydrogens is 797 g/mol. The van der Waals surface area contributed by atoms with Gasteiger partial charge in [-0.3, -0.25) is 9.59 Å². The average Bonchev–Trinajstić information content (AvgIpc) is 3.28. The van der Waals surface area contributed by atoms with E-state index in [9.17, 15) is 30.0 Å². The van der Waals surface area contributed by atoms with Crippen LogP contribution < -0.4 is 0 Å². The highest BCUT2D eigenvalue weighted by Crippen LogP contribution is 2.23. The number of aliphatic hydroxyl groups excluding tert-OH is 4. The maximum atomic E-state index is 12.8. The molecule has 0 bridgehead atoms. The van der Waals surface area contributed by atoms with Gasteiger partial charge in [-0.25, -0.2) is 0 Å². The smallest absolute Gasteiger partial charge is 0.306 e. The van der Waals surface area contributed by atoms with Crippen molar-refractivity contribution in [2.45, 2.75) is 269 Å². The van der Waals surface area contributed by atoms with Crippen molar-refractivity contribution in [3.05, 3.63) is 36.5 Å². The minimum absolute atomic E-state index is 0.181. The normalized spacial score (nSPS) is 19.7. The third-order valence-corrected chi connectivity index (χ3v) is 12.0. The zero-order chi connectivity index (χ0) is 45.9. The van der Waals surface area contributed by atoms with E-state index in [1.54, 1.807) is 0 Å². The van der Waals surface area contributed by atoms with E-state index in [-0.39, 0.29) is 26.1 Å². The first-order valence-electron chi connectivity index (χ1n) is 26.1. The predicted octanol–water partition coefficient (Wildman–Crippen LogP) is 12.2. The van der Waals surface area contributed by atoms with Crippen molar-refractivity contribution >= 4 is 11.9 Å². The Labute approximate surface area is 385 Å². The standard InChI is InChI=1S/C53H96O10/c1-3-5-7-9-11-13-15-17-19-20-21-22-23-24-25-26-28-30-32-34-36-38-40-42-49(56)62-46(45-61-53-52(59)51(58)50(57)47(43-54)63-53)44-60-48(55)41-39-37-35-33-31-29-27-18-16-14-12-10-8-6-4-2/h12,14,18,27,34,36,46-47,50-54,57-59H,3-11,13,15-17,19-26,28-33,35,37-45H2,1-2H3/b14-12+,27-18+,36-34+/t46-,47-,50+,51?,52?,53-/m1/s1. The van der Waals surface area contributed by atoms with Crippen LogP contribution in [-0.2, 0) is 28.5 Å².